The van der Waals surface area contributed by atoms with Crippen LogP contribution in [0.5, 0.6) is 0 Å². The van der Waals surface area contributed by atoms with Crippen LogP contribution >= 0.6 is 22.9 Å². The lowest BCUT2D eigenvalue weighted by Gasteiger charge is -2.13. The van der Waals surface area contributed by atoms with Crippen molar-refractivity contribution in [1.29, 1.82) is 0 Å². The molecule has 0 saturated carbocycles. The average Bonchev–Trinajstić information content (AvgIpc) is 2.75. The molecule has 1 aromatic carbocycles. The minimum Gasteiger partial charge on any atom is -0.378 e. The molecule has 6 heteroatoms. The summed E-state index contributed by atoms with van der Waals surface area (Å²) in [7, 11) is 0. The van der Waals surface area contributed by atoms with Gasteiger partial charge in [-0.25, -0.2) is 0 Å². The zero-order valence-corrected chi connectivity index (χ0v) is 12.1. The van der Waals surface area contributed by atoms with Crippen molar-refractivity contribution < 1.29 is 4.92 Å². The fraction of sp³-hybridized carbons (Fsp3) is 0.231. The Morgan fingerprint density at radius 1 is 1.37 bits per heavy atom. The van der Waals surface area contributed by atoms with Crippen molar-refractivity contribution >= 4 is 34.3 Å². The molecule has 0 spiro atoms. The molecule has 0 bridgehead atoms. The third kappa shape index (κ3) is 3.24. The number of thiophene rings is 1. The second-order valence-electron chi connectivity index (χ2n) is 4.24. The van der Waals surface area contributed by atoms with Gasteiger partial charge in [-0.1, -0.05) is 11.6 Å². The first-order valence-electron chi connectivity index (χ1n) is 5.74. The molecule has 0 aliphatic carbocycles. The molecule has 2 aromatic rings. The van der Waals surface area contributed by atoms with E-state index in [1.807, 2.05) is 6.92 Å². The first-order chi connectivity index (χ1) is 8.97. The number of rotatable bonds is 4. The summed E-state index contributed by atoms with van der Waals surface area (Å²) in [6, 6.07) is 8.94. The van der Waals surface area contributed by atoms with Gasteiger partial charge < -0.3 is 5.32 Å². The third-order valence-corrected chi connectivity index (χ3v) is 4.20. The molecular weight excluding hydrogens is 284 g/mol. The molecule has 0 amide bonds. The highest BCUT2D eigenvalue weighted by Crippen LogP contribution is 2.30. The van der Waals surface area contributed by atoms with Gasteiger partial charge in [0, 0.05) is 21.5 Å². The van der Waals surface area contributed by atoms with Crippen LogP contribution in [0.4, 0.5) is 11.4 Å². The Kier molecular flexibility index (Phi) is 4.07. The van der Waals surface area contributed by atoms with Crippen LogP contribution in [0.1, 0.15) is 22.7 Å². The van der Waals surface area contributed by atoms with Crippen molar-refractivity contribution in [3.8, 4) is 0 Å². The zero-order valence-electron chi connectivity index (χ0n) is 10.5. The molecule has 0 saturated heterocycles. The number of hydrogen-bond acceptors (Lipinski definition) is 4. The van der Waals surface area contributed by atoms with E-state index in [2.05, 4.69) is 24.4 Å². The second-order valence-corrected chi connectivity index (χ2v) is 5.96. The maximum absolute atomic E-state index is 10.7. The summed E-state index contributed by atoms with van der Waals surface area (Å²) in [4.78, 5) is 12.7. The van der Waals surface area contributed by atoms with E-state index < -0.39 is 4.92 Å². The van der Waals surface area contributed by atoms with E-state index >= 15 is 0 Å². The predicted octanol–water partition coefficient (Wildman–Crippen LogP) is 4.79. The van der Waals surface area contributed by atoms with Gasteiger partial charge in [-0.2, -0.15) is 0 Å². The van der Waals surface area contributed by atoms with Gasteiger partial charge in [0.15, 0.2) is 0 Å². The molecule has 19 heavy (non-hydrogen) atoms. The van der Waals surface area contributed by atoms with E-state index in [4.69, 9.17) is 11.6 Å². The van der Waals surface area contributed by atoms with Crippen molar-refractivity contribution in [2.75, 3.05) is 5.32 Å². The topological polar surface area (TPSA) is 55.2 Å². The van der Waals surface area contributed by atoms with Gasteiger partial charge >= 0.3 is 0 Å². The molecule has 0 radical (unpaired) electrons. The van der Waals surface area contributed by atoms with Crippen LogP contribution in [0.15, 0.2) is 30.3 Å². The molecule has 0 aliphatic rings. The smallest absolute Gasteiger partial charge is 0.288 e. The van der Waals surface area contributed by atoms with E-state index in [1.54, 1.807) is 23.5 Å². The van der Waals surface area contributed by atoms with E-state index in [9.17, 15) is 10.1 Å². The lowest BCUT2D eigenvalue weighted by molar-refractivity contribution is -0.384. The van der Waals surface area contributed by atoms with Gasteiger partial charge in [0.2, 0.25) is 0 Å². The van der Waals surface area contributed by atoms with Gasteiger partial charge in [-0.3, -0.25) is 10.1 Å². The van der Waals surface area contributed by atoms with Crippen LogP contribution in [-0.2, 0) is 0 Å². The quantitative estimate of drug-likeness (QED) is 0.652. The molecule has 1 N–H and O–H groups in total. The number of nitrogens with one attached hydrogen (secondary N) is 1. The van der Waals surface area contributed by atoms with Gasteiger partial charge in [0.1, 0.15) is 5.02 Å². The van der Waals surface area contributed by atoms with E-state index in [0.29, 0.717) is 0 Å². The van der Waals surface area contributed by atoms with Crippen molar-refractivity contribution in [1.82, 2.24) is 0 Å². The van der Waals surface area contributed by atoms with Gasteiger partial charge in [-0.05, 0) is 38.1 Å². The first kappa shape index (κ1) is 13.8. The normalized spacial score (nSPS) is 12.2. The molecule has 1 aromatic heterocycles. The Bertz CT molecular complexity index is 612. The van der Waals surface area contributed by atoms with Crippen molar-refractivity contribution in [2.45, 2.75) is 19.9 Å². The summed E-state index contributed by atoms with van der Waals surface area (Å²) in [6.45, 7) is 4.10. The summed E-state index contributed by atoms with van der Waals surface area (Å²) in [6.07, 6.45) is 0. The van der Waals surface area contributed by atoms with Gasteiger partial charge in [0.25, 0.3) is 5.69 Å². The Labute approximate surface area is 120 Å². The summed E-state index contributed by atoms with van der Waals surface area (Å²) in [5.41, 5.74) is 0.695. The van der Waals surface area contributed by atoms with E-state index in [0.717, 1.165) is 5.69 Å². The van der Waals surface area contributed by atoms with E-state index in [1.165, 1.54) is 15.8 Å². The van der Waals surface area contributed by atoms with Crippen LogP contribution in [0.3, 0.4) is 0 Å². The van der Waals surface area contributed by atoms with Crippen molar-refractivity contribution in [3.63, 3.8) is 0 Å². The third-order valence-electron chi connectivity index (χ3n) is 2.72. The Morgan fingerprint density at radius 3 is 2.63 bits per heavy atom. The maximum Gasteiger partial charge on any atom is 0.288 e. The summed E-state index contributed by atoms with van der Waals surface area (Å²) < 4.78 is 0. The number of halogens is 1. The van der Waals surface area contributed by atoms with Gasteiger partial charge in [0.05, 0.1) is 11.0 Å². The van der Waals surface area contributed by atoms with Crippen LogP contribution in [0.2, 0.25) is 5.02 Å². The molecule has 1 atom stereocenters. The lowest BCUT2D eigenvalue weighted by atomic mass is 10.2. The molecule has 0 aliphatic heterocycles. The molecule has 1 heterocycles. The number of hydrogen-bond donors (Lipinski definition) is 1. The van der Waals surface area contributed by atoms with Crippen LogP contribution in [0, 0.1) is 17.0 Å². The predicted molar refractivity (Wildman–Crippen MR) is 79.2 cm³/mol. The molecule has 1 unspecified atom stereocenters. The largest absolute Gasteiger partial charge is 0.378 e. The fourth-order valence-electron chi connectivity index (χ4n) is 1.75. The number of nitro groups is 1. The molecule has 100 valence electrons. The molecule has 0 fully saturated rings. The Morgan fingerprint density at radius 2 is 2.11 bits per heavy atom. The number of benzene rings is 1. The highest BCUT2D eigenvalue weighted by molar-refractivity contribution is 7.12. The number of aryl methyl sites for hydroxylation is 1. The van der Waals surface area contributed by atoms with Gasteiger partial charge in [-0.15, -0.1) is 11.3 Å². The SMILES string of the molecule is Cc1ccc(C(C)Nc2ccc([N+](=O)[O-])c(Cl)c2)s1. The summed E-state index contributed by atoms with van der Waals surface area (Å²) >= 11 is 7.60. The molecular formula is C13H13ClN2O2S. The summed E-state index contributed by atoms with van der Waals surface area (Å²) in [5.74, 6) is 0. The number of nitrogens with zero attached hydrogens (tertiary/aromatic N) is 1. The van der Waals surface area contributed by atoms with Crippen LogP contribution < -0.4 is 5.32 Å². The lowest BCUT2D eigenvalue weighted by Crippen LogP contribution is -2.04. The number of anilines is 1. The minimum absolute atomic E-state index is 0.0770. The van der Waals surface area contributed by atoms with Crippen LogP contribution in [-0.4, -0.2) is 4.92 Å². The standard InChI is InChI=1S/C13H13ClN2O2S/c1-8-3-6-13(19-8)9(2)15-10-4-5-12(16(17)18)11(14)7-10/h3-7,9,15H,1-2H3. The average molecular weight is 297 g/mol. The second kappa shape index (κ2) is 5.59. The van der Waals surface area contributed by atoms with Crippen LogP contribution in [0.25, 0.3) is 0 Å². The fourth-order valence-corrected chi connectivity index (χ4v) is 2.88. The number of nitro benzene ring substituents is 1. The zero-order chi connectivity index (χ0) is 14.0. The molecule has 4 nitrogen and oxygen atoms in total. The first-order valence-corrected chi connectivity index (χ1v) is 6.93. The van der Waals surface area contributed by atoms with Crippen molar-refractivity contribution in [2.24, 2.45) is 0 Å². The van der Waals surface area contributed by atoms with Crippen molar-refractivity contribution in [3.05, 3.63) is 55.2 Å². The highest BCUT2D eigenvalue weighted by Gasteiger charge is 2.13. The highest BCUT2D eigenvalue weighted by atomic mass is 35.5. The minimum atomic E-state index is -0.488. The maximum atomic E-state index is 10.7. The monoisotopic (exact) mass is 296 g/mol. The Hall–Kier alpha value is -1.59. The molecule has 2 rings (SSSR count). The van der Waals surface area contributed by atoms with E-state index in [-0.39, 0.29) is 16.8 Å². The Balaban J connectivity index is 2.15. The summed E-state index contributed by atoms with van der Waals surface area (Å²) in [5, 5.41) is 14.1.